The molecule has 116 valence electrons. The average molecular weight is 309 g/mol. The van der Waals surface area contributed by atoms with Crippen LogP contribution in [-0.2, 0) is 0 Å². The summed E-state index contributed by atoms with van der Waals surface area (Å²) in [5, 5.41) is 11.3. The molecule has 0 aliphatic carbocycles. The van der Waals surface area contributed by atoms with E-state index in [1.165, 1.54) is 6.07 Å². The maximum atomic E-state index is 11.3. The number of anilines is 1. The van der Waals surface area contributed by atoms with Gasteiger partial charge >= 0.3 is 5.69 Å². The van der Waals surface area contributed by atoms with Crippen LogP contribution in [0.4, 0.5) is 11.5 Å². The fourth-order valence-corrected chi connectivity index (χ4v) is 3.19. The van der Waals surface area contributed by atoms with Crippen LogP contribution >= 0.6 is 0 Å². The number of nitro groups is 1. The van der Waals surface area contributed by atoms with Crippen LogP contribution in [0.15, 0.2) is 42.6 Å². The molecule has 1 aromatic carbocycles. The molecule has 4 rings (SSSR count). The van der Waals surface area contributed by atoms with E-state index in [0.29, 0.717) is 5.82 Å². The van der Waals surface area contributed by atoms with E-state index in [-0.39, 0.29) is 16.7 Å². The van der Waals surface area contributed by atoms with Crippen LogP contribution in [0.5, 0.6) is 0 Å². The van der Waals surface area contributed by atoms with E-state index >= 15 is 0 Å². The minimum atomic E-state index is -0.379. The number of aromatic amines is 1. The number of H-pyrrole nitrogens is 1. The van der Waals surface area contributed by atoms with Crippen LogP contribution in [0.2, 0.25) is 0 Å². The van der Waals surface area contributed by atoms with Crippen molar-refractivity contribution >= 4 is 22.5 Å². The molecule has 2 aromatic heterocycles. The Morgan fingerprint density at radius 1 is 1.26 bits per heavy atom. The van der Waals surface area contributed by atoms with Gasteiger partial charge in [-0.2, -0.15) is 0 Å². The van der Waals surface area contributed by atoms with Gasteiger partial charge in [-0.1, -0.05) is 12.1 Å². The molecule has 0 bridgehead atoms. The molecule has 3 aromatic rings. The smallest absolute Gasteiger partial charge is 0.311 e. The van der Waals surface area contributed by atoms with E-state index in [0.717, 1.165) is 36.2 Å². The van der Waals surface area contributed by atoms with Crippen LogP contribution < -0.4 is 4.90 Å². The van der Waals surface area contributed by atoms with Gasteiger partial charge in [0.05, 0.1) is 22.0 Å². The third-order valence-electron chi connectivity index (χ3n) is 4.21. The van der Waals surface area contributed by atoms with Crippen molar-refractivity contribution in [2.24, 2.45) is 0 Å². The largest absolute Gasteiger partial charge is 0.341 e. The molecular formula is C16H15N5O2. The summed E-state index contributed by atoms with van der Waals surface area (Å²) in [6.45, 7) is 0.736. The topological polar surface area (TPSA) is 87.9 Å². The van der Waals surface area contributed by atoms with Crippen molar-refractivity contribution in [3.63, 3.8) is 0 Å². The summed E-state index contributed by atoms with van der Waals surface area (Å²) in [5.74, 6) is 1.25. The quantitative estimate of drug-likeness (QED) is 0.593. The summed E-state index contributed by atoms with van der Waals surface area (Å²) < 4.78 is 0. The van der Waals surface area contributed by atoms with Gasteiger partial charge in [-0.25, -0.2) is 9.97 Å². The second kappa shape index (κ2) is 5.35. The van der Waals surface area contributed by atoms with E-state index in [4.69, 9.17) is 0 Å². The standard InChI is InChI=1S/C16H15N5O2/c22-21(23)14-7-3-9-17-16(14)20-10-4-8-13(20)15-18-11-5-1-2-6-12(11)19-15/h1-3,5-7,9,13H,4,8,10H2,(H,18,19)/t13-/m1/s1. The Hall–Kier alpha value is -2.96. The van der Waals surface area contributed by atoms with Crippen LogP contribution in [0.25, 0.3) is 11.0 Å². The maximum Gasteiger partial charge on any atom is 0.311 e. The van der Waals surface area contributed by atoms with E-state index in [1.807, 2.05) is 29.2 Å². The van der Waals surface area contributed by atoms with Gasteiger partial charge in [-0.05, 0) is 31.0 Å². The maximum absolute atomic E-state index is 11.3. The Bertz CT molecular complexity index is 843. The number of pyridine rings is 1. The second-order valence-electron chi connectivity index (χ2n) is 5.59. The van der Waals surface area contributed by atoms with Crippen molar-refractivity contribution in [2.75, 3.05) is 11.4 Å². The summed E-state index contributed by atoms with van der Waals surface area (Å²) in [5.41, 5.74) is 1.92. The van der Waals surface area contributed by atoms with Crippen molar-refractivity contribution in [1.29, 1.82) is 0 Å². The number of imidazole rings is 1. The van der Waals surface area contributed by atoms with E-state index in [1.54, 1.807) is 12.3 Å². The van der Waals surface area contributed by atoms with Crippen molar-refractivity contribution < 1.29 is 4.92 Å². The molecule has 1 aliphatic heterocycles. The van der Waals surface area contributed by atoms with Crippen LogP contribution in [0.3, 0.4) is 0 Å². The number of rotatable bonds is 3. The van der Waals surface area contributed by atoms with Gasteiger partial charge in [0.2, 0.25) is 5.82 Å². The molecule has 1 saturated heterocycles. The Labute approximate surface area is 132 Å². The third kappa shape index (κ3) is 2.30. The number of para-hydroxylation sites is 2. The fourth-order valence-electron chi connectivity index (χ4n) is 3.19. The number of benzene rings is 1. The van der Waals surface area contributed by atoms with E-state index in [2.05, 4.69) is 15.0 Å². The Morgan fingerprint density at radius 2 is 2.13 bits per heavy atom. The molecule has 23 heavy (non-hydrogen) atoms. The number of hydrogen-bond donors (Lipinski definition) is 1. The monoisotopic (exact) mass is 309 g/mol. The first-order valence-corrected chi connectivity index (χ1v) is 7.55. The second-order valence-corrected chi connectivity index (χ2v) is 5.59. The highest BCUT2D eigenvalue weighted by Crippen LogP contribution is 2.38. The summed E-state index contributed by atoms with van der Waals surface area (Å²) >= 11 is 0. The third-order valence-corrected chi connectivity index (χ3v) is 4.21. The number of hydrogen-bond acceptors (Lipinski definition) is 5. The normalized spacial score (nSPS) is 17.7. The Balaban J connectivity index is 1.76. The zero-order chi connectivity index (χ0) is 15.8. The summed E-state index contributed by atoms with van der Waals surface area (Å²) in [7, 11) is 0. The molecule has 0 radical (unpaired) electrons. The SMILES string of the molecule is O=[N+]([O-])c1cccnc1N1CCC[C@@H]1c1nc2ccccc2[nH]1. The number of aromatic nitrogens is 3. The first kappa shape index (κ1) is 13.7. The van der Waals surface area contributed by atoms with Gasteiger partial charge < -0.3 is 9.88 Å². The van der Waals surface area contributed by atoms with Gasteiger partial charge in [-0.3, -0.25) is 10.1 Å². The zero-order valence-corrected chi connectivity index (χ0v) is 12.3. The first-order chi connectivity index (χ1) is 11.2. The predicted molar refractivity (Wildman–Crippen MR) is 86.3 cm³/mol. The summed E-state index contributed by atoms with van der Waals surface area (Å²) in [6, 6.07) is 10.9. The van der Waals surface area contributed by atoms with E-state index in [9.17, 15) is 10.1 Å². The zero-order valence-electron chi connectivity index (χ0n) is 12.3. The molecule has 0 spiro atoms. The molecule has 0 amide bonds. The lowest BCUT2D eigenvalue weighted by atomic mass is 10.2. The van der Waals surface area contributed by atoms with Gasteiger partial charge in [-0.15, -0.1) is 0 Å². The Morgan fingerprint density at radius 3 is 2.96 bits per heavy atom. The minimum Gasteiger partial charge on any atom is -0.341 e. The number of nitrogens with zero attached hydrogens (tertiary/aromatic N) is 4. The van der Waals surface area contributed by atoms with Gasteiger partial charge in [0, 0.05) is 18.8 Å². The molecule has 7 nitrogen and oxygen atoms in total. The van der Waals surface area contributed by atoms with Gasteiger partial charge in [0.1, 0.15) is 5.82 Å². The lowest BCUT2D eigenvalue weighted by Gasteiger charge is -2.23. The highest BCUT2D eigenvalue weighted by molar-refractivity contribution is 5.75. The lowest BCUT2D eigenvalue weighted by molar-refractivity contribution is -0.384. The molecule has 7 heteroatoms. The molecule has 1 atom stereocenters. The Kier molecular flexibility index (Phi) is 3.18. The van der Waals surface area contributed by atoms with Crippen LogP contribution in [0.1, 0.15) is 24.7 Å². The van der Waals surface area contributed by atoms with Crippen molar-refractivity contribution in [3.8, 4) is 0 Å². The van der Waals surface area contributed by atoms with Crippen LogP contribution in [0, 0.1) is 10.1 Å². The van der Waals surface area contributed by atoms with Gasteiger partial charge in [0.15, 0.2) is 0 Å². The molecule has 1 aliphatic rings. The van der Waals surface area contributed by atoms with E-state index < -0.39 is 0 Å². The highest BCUT2D eigenvalue weighted by Gasteiger charge is 2.33. The summed E-state index contributed by atoms with van der Waals surface area (Å²) in [4.78, 5) is 25.1. The average Bonchev–Trinajstić information content (AvgIpc) is 3.21. The molecule has 0 unspecified atom stereocenters. The minimum absolute atomic E-state index is 0.0176. The molecular weight excluding hydrogens is 294 g/mol. The molecule has 3 heterocycles. The molecule has 0 saturated carbocycles. The van der Waals surface area contributed by atoms with Crippen molar-refractivity contribution in [3.05, 3.63) is 58.5 Å². The first-order valence-electron chi connectivity index (χ1n) is 7.55. The predicted octanol–water partition coefficient (Wildman–Crippen LogP) is 3.21. The van der Waals surface area contributed by atoms with Crippen molar-refractivity contribution in [1.82, 2.24) is 15.0 Å². The number of fused-ring (bicyclic) bond motifs is 1. The molecule has 1 fully saturated rings. The molecule has 1 N–H and O–H groups in total. The van der Waals surface area contributed by atoms with Crippen molar-refractivity contribution in [2.45, 2.75) is 18.9 Å². The van der Waals surface area contributed by atoms with Gasteiger partial charge in [0.25, 0.3) is 0 Å². The lowest BCUT2D eigenvalue weighted by Crippen LogP contribution is -2.25. The highest BCUT2D eigenvalue weighted by atomic mass is 16.6. The number of nitrogens with one attached hydrogen (secondary N) is 1. The summed E-state index contributed by atoms with van der Waals surface area (Å²) in [6.07, 6.45) is 3.44. The fraction of sp³-hybridized carbons (Fsp3) is 0.250. The van der Waals surface area contributed by atoms with Crippen LogP contribution in [-0.4, -0.2) is 26.4 Å².